The molecule has 0 atom stereocenters. The Morgan fingerprint density at radius 2 is 1.75 bits per heavy atom. The molecule has 2 aromatic rings. The number of rotatable bonds is 6. The highest BCUT2D eigenvalue weighted by Gasteiger charge is 2.19. The SMILES string of the molecule is CCOC(=O)/C=C(/c1ccccc1)c1cc(C(=O)OCC)c(C)o1. The fourth-order valence-electron chi connectivity index (χ4n) is 2.24. The van der Waals surface area contributed by atoms with E-state index in [0.717, 1.165) is 5.56 Å². The van der Waals surface area contributed by atoms with Crippen molar-refractivity contribution in [1.82, 2.24) is 0 Å². The number of esters is 2. The maximum atomic E-state index is 12.0. The normalized spacial score (nSPS) is 11.2. The molecule has 0 aliphatic heterocycles. The second-order valence-electron chi connectivity index (χ2n) is 4.98. The Morgan fingerprint density at radius 1 is 1.08 bits per heavy atom. The van der Waals surface area contributed by atoms with E-state index in [1.54, 1.807) is 26.8 Å². The van der Waals surface area contributed by atoms with Crippen molar-refractivity contribution in [3.63, 3.8) is 0 Å². The number of aryl methyl sites for hydroxylation is 1. The fourth-order valence-corrected chi connectivity index (χ4v) is 2.24. The molecule has 5 nitrogen and oxygen atoms in total. The minimum Gasteiger partial charge on any atom is -0.463 e. The summed E-state index contributed by atoms with van der Waals surface area (Å²) in [6.45, 7) is 5.72. The second kappa shape index (κ2) is 8.15. The van der Waals surface area contributed by atoms with E-state index in [1.165, 1.54) is 6.08 Å². The van der Waals surface area contributed by atoms with E-state index in [0.29, 0.717) is 22.7 Å². The molecular weight excluding hydrogens is 308 g/mol. The number of carbonyl (C=O) groups excluding carboxylic acids is 2. The van der Waals surface area contributed by atoms with Gasteiger partial charge in [0.05, 0.1) is 13.2 Å². The van der Waals surface area contributed by atoms with Crippen LogP contribution in [0.5, 0.6) is 0 Å². The van der Waals surface area contributed by atoms with Crippen molar-refractivity contribution < 1.29 is 23.5 Å². The smallest absolute Gasteiger partial charge is 0.341 e. The van der Waals surface area contributed by atoms with Crippen LogP contribution in [0, 0.1) is 6.92 Å². The molecular formula is C19H20O5. The fraction of sp³-hybridized carbons (Fsp3) is 0.263. The molecule has 0 N–H and O–H groups in total. The summed E-state index contributed by atoms with van der Waals surface area (Å²) < 4.78 is 15.7. The summed E-state index contributed by atoms with van der Waals surface area (Å²) in [4.78, 5) is 23.9. The third-order valence-corrected chi connectivity index (χ3v) is 3.31. The van der Waals surface area contributed by atoms with Gasteiger partial charge < -0.3 is 13.9 Å². The summed E-state index contributed by atoms with van der Waals surface area (Å²) in [5.74, 6) is -0.0689. The van der Waals surface area contributed by atoms with Gasteiger partial charge in [-0.25, -0.2) is 9.59 Å². The Kier molecular flexibility index (Phi) is 5.95. The molecule has 0 aliphatic carbocycles. The van der Waals surface area contributed by atoms with E-state index in [-0.39, 0.29) is 13.2 Å². The van der Waals surface area contributed by atoms with Crippen LogP contribution < -0.4 is 0 Å². The molecule has 0 fully saturated rings. The van der Waals surface area contributed by atoms with Gasteiger partial charge in [0, 0.05) is 11.6 Å². The van der Waals surface area contributed by atoms with Crippen LogP contribution in [0.4, 0.5) is 0 Å². The molecule has 24 heavy (non-hydrogen) atoms. The van der Waals surface area contributed by atoms with Crippen LogP contribution in [0.2, 0.25) is 0 Å². The van der Waals surface area contributed by atoms with Gasteiger partial charge in [-0.15, -0.1) is 0 Å². The van der Waals surface area contributed by atoms with E-state index >= 15 is 0 Å². The Bertz CT molecular complexity index is 740. The maximum Gasteiger partial charge on any atom is 0.341 e. The average Bonchev–Trinajstić information content (AvgIpc) is 2.95. The molecule has 0 radical (unpaired) electrons. The van der Waals surface area contributed by atoms with Gasteiger partial charge in [-0.05, 0) is 32.4 Å². The lowest BCUT2D eigenvalue weighted by atomic mass is 10.0. The standard InChI is InChI=1S/C19H20O5/c1-4-22-18(20)12-16(14-9-7-6-8-10-14)17-11-15(13(3)24-17)19(21)23-5-2/h6-12H,4-5H2,1-3H3/b16-12-. The first-order valence-corrected chi connectivity index (χ1v) is 7.78. The summed E-state index contributed by atoms with van der Waals surface area (Å²) in [6.07, 6.45) is 1.37. The first kappa shape index (κ1) is 17.5. The summed E-state index contributed by atoms with van der Waals surface area (Å²) in [5.41, 5.74) is 1.68. The molecule has 1 aromatic carbocycles. The highest BCUT2D eigenvalue weighted by molar-refractivity contribution is 5.97. The van der Waals surface area contributed by atoms with Gasteiger partial charge in [0.1, 0.15) is 17.1 Å². The minimum absolute atomic E-state index is 0.280. The molecule has 126 valence electrons. The summed E-state index contributed by atoms with van der Waals surface area (Å²) in [5, 5.41) is 0. The van der Waals surface area contributed by atoms with Crippen LogP contribution >= 0.6 is 0 Å². The van der Waals surface area contributed by atoms with Crippen molar-refractivity contribution in [2.75, 3.05) is 13.2 Å². The molecule has 0 spiro atoms. The predicted octanol–water partition coefficient (Wildman–Crippen LogP) is 3.76. The van der Waals surface area contributed by atoms with Gasteiger partial charge >= 0.3 is 11.9 Å². The average molecular weight is 328 g/mol. The third kappa shape index (κ3) is 4.13. The zero-order valence-corrected chi connectivity index (χ0v) is 14.0. The van der Waals surface area contributed by atoms with Crippen LogP contribution in [-0.2, 0) is 14.3 Å². The largest absolute Gasteiger partial charge is 0.463 e. The lowest BCUT2D eigenvalue weighted by Gasteiger charge is -2.05. The van der Waals surface area contributed by atoms with Gasteiger partial charge in [-0.2, -0.15) is 0 Å². The number of hydrogen-bond donors (Lipinski definition) is 0. The Morgan fingerprint density at radius 3 is 2.38 bits per heavy atom. The van der Waals surface area contributed by atoms with Gasteiger partial charge in [-0.3, -0.25) is 0 Å². The van der Waals surface area contributed by atoms with Crippen LogP contribution in [0.3, 0.4) is 0 Å². The zero-order chi connectivity index (χ0) is 17.5. The first-order valence-electron chi connectivity index (χ1n) is 7.78. The molecule has 1 heterocycles. The molecule has 0 bridgehead atoms. The van der Waals surface area contributed by atoms with Gasteiger partial charge in [0.2, 0.25) is 0 Å². The van der Waals surface area contributed by atoms with Crippen LogP contribution in [-0.4, -0.2) is 25.2 Å². The monoisotopic (exact) mass is 328 g/mol. The van der Waals surface area contributed by atoms with Gasteiger partial charge in [-0.1, -0.05) is 30.3 Å². The highest BCUT2D eigenvalue weighted by Crippen LogP contribution is 2.28. The predicted molar refractivity (Wildman–Crippen MR) is 89.6 cm³/mol. The van der Waals surface area contributed by atoms with Crippen molar-refractivity contribution in [3.8, 4) is 0 Å². The van der Waals surface area contributed by atoms with E-state index in [9.17, 15) is 9.59 Å². The maximum absolute atomic E-state index is 12.0. The molecule has 0 amide bonds. The molecule has 0 saturated heterocycles. The summed E-state index contributed by atoms with van der Waals surface area (Å²) >= 11 is 0. The van der Waals surface area contributed by atoms with Crippen LogP contribution in [0.25, 0.3) is 5.57 Å². The highest BCUT2D eigenvalue weighted by atomic mass is 16.5. The lowest BCUT2D eigenvalue weighted by Crippen LogP contribution is -2.04. The van der Waals surface area contributed by atoms with Gasteiger partial charge in [0.15, 0.2) is 0 Å². The third-order valence-electron chi connectivity index (χ3n) is 3.31. The zero-order valence-electron chi connectivity index (χ0n) is 14.0. The van der Waals surface area contributed by atoms with Crippen LogP contribution in [0.1, 0.15) is 41.3 Å². The van der Waals surface area contributed by atoms with Gasteiger partial charge in [0.25, 0.3) is 0 Å². The topological polar surface area (TPSA) is 65.7 Å². The van der Waals surface area contributed by atoms with Crippen molar-refractivity contribution >= 4 is 17.5 Å². The van der Waals surface area contributed by atoms with Crippen molar-refractivity contribution in [2.45, 2.75) is 20.8 Å². The van der Waals surface area contributed by atoms with Crippen molar-refractivity contribution in [2.24, 2.45) is 0 Å². The first-order chi connectivity index (χ1) is 11.6. The Labute approximate surface area is 140 Å². The summed E-state index contributed by atoms with van der Waals surface area (Å²) in [7, 11) is 0. The van der Waals surface area contributed by atoms with E-state index < -0.39 is 11.9 Å². The Hall–Kier alpha value is -2.82. The van der Waals surface area contributed by atoms with Crippen molar-refractivity contribution in [1.29, 1.82) is 0 Å². The lowest BCUT2D eigenvalue weighted by molar-refractivity contribution is -0.137. The van der Waals surface area contributed by atoms with Crippen LogP contribution in [0.15, 0.2) is 46.9 Å². The van der Waals surface area contributed by atoms with E-state index in [2.05, 4.69) is 0 Å². The molecule has 0 aliphatic rings. The number of hydrogen-bond acceptors (Lipinski definition) is 5. The number of benzene rings is 1. The quantitative estimate of drug-likeness (QED) is 0.597. The molecule has 0 unspecified atom stereocenters. The van der Waals surface area contributed by atoms with Crippen molar-refractivity contribution in [3.05, 3.63) is 65.1 Å². The van der Waals surface area contributed by atoms with E-state index in [4.69, 9.17) is 13.9 Å². The number of furan rings is 1. The number of ether oxygens (including phenoxy) is 2. The number of carbonyl (C=O) groups is 2. The molecule has 5 heteroatoms. The minimum atomic E-state index is -0.469. The molecule has 1 aromatic heterocycles. The summed E-state index contributed by atoms with van der Waals surface area (Å²) in [6, 6.07) is 10.9. The molecule has 2 rings (SSSR count). The molecule has 0 saturated carbocycles. The van der Waals surface area contributed by atoms with E-state index in [1.807, 2.05) is 30.3 Å². The second-order valence-corrected chi connectivity index (χ2v) is 4.98. The Balaban J connectivity index is 2.47.